The van der Waals surface area contributed by atoms with Crippen LogP contribution < -0.4 is 5.32 Å². The fourth-order valence-electron chi connectivity index (χ4n) is 7.52. The van der Waals surface area contributed by atoms with Crippen molar-refractivity contribution in [3.63, 3.8) is 0 Å². The zero-order valence-electron chi connectivity index (χ0n) is 41.6. The molecule has 64 heavy (non-hydrogen) atoms. The van der Waals surface area contributed by atoms with Crippen LogP contribution in [-0.2, 0) is 14.3 Å². The van der Waals surface area contributed by atoms with Crippen molar-refractivity contribution < 1.29 is 24.5 Å². The number of esters is 1. The van der Waals surface area contributed by atoms with E-state index in [0.717, 1.165) is 89.9 Å². The Bertz CT molecular complexity index is 1270. The molecule has 0 aliphatic rings. The van der Waals surface area contributed by atoms with Gasteiger partial charge in [-0.1, -0.05) is 234 Å². The molecule has 3 unspecified atom stereocenters. The molecule has 6 heteroatoms. The zero-order valence-corrected chi connectivity index (χ0v) is 41.6. The van der Waals surface area contributed by atoms with E-state index in [9.17, 15) is 19.8 Å². The van der Waals surface area contributed by atoms with Crippen LogP contribution in [0.15, 0.2) is 97.2 Å². The van der Waals surface area contributed by atoms with Gasteiger partial charge in [0.15, 0.2) is 0 Å². The van der Waals surface area contributed by atoms with E-state index in [0.29, 0.717) is 25.7 Å². The first-order valence-electron chi connectivity index (χ1n) is 26.5. The highest BCUT2D eigenvalue weighted by Crippen LogP contribution is 2.17. The quantitative estimate of drug-likeness (QED) is 0.0245. The van der Waals surface area contributed by atoms with Crippen molar-refractivity contribution in [2.24, 2.45) is 0 Å². The summed E-state index contributed by atoms with van der Waals surface area (Å²) in [6.45, 7) is 6.21. The molecule has 0 aromatic rings. The Morgan fingerprint density at radius 1 is 0.484 bits per heavy atom. The van der Waals surface area contributed by atoms with Crippen LogP contribution >= 0.6 is 0 Å². The first kappa shape index (κ1) is 60.8. The minimum absolute atomic E-state index is 0.0266. The number of hydrogen-bond acceptors (Lipinski definition) is 5. The molecule has 0 spiro atoms. The molecule has 0 fully saturated rings. The zero-order chi connectivity index (χ0) is 46.7. The predicted octanol–water partition coefficient (Wildman–Crippen LogP) is 16.1. The number of hydrogen-bond donors (Lipinski definition) is 3. The lowest BCUT2D eigenvalue weighted by Crippen LogP contribution is -2.46. The SMILES string of the molecule is CC/C=C\C/C=C\C/C=C\C/C=C\C/C=C\CCCC(=O)OC(CCCCC\C=C/C=C/C=C/CC)CC(=O)NC(CO)C(O)CCCCCCCCCCCCCCCCCCC. The van der Waals surface area contributed by atoms with Crippen LogP contribution in [0.4, 0.5) is 0 Å². The molecule has 0 bridgehead atoms. The van der Waals surface area contributed by atoms with Gasteiger partial charge in [0.25, 0.3) is 0 Å². The van der Waals surface area contributed by atoms with Crippen LogP contribution in [-0.4, -0.2) is 46.9 Å². The Morgan fingerprint density at radius 3 is 1.44 bits per heavy atom. The summed E-state index contributed by atoms with van der Waals surface area (Å²) in [6, 6.07) is -0.730. The van der Waals surface area contributed by atoms with E-state index in [4.69, 9.17) is 4.74 Å². The monoisotopic (exact) mass is 890 g/mol. The van der Waals surface area contributed by atoms with E-state index < -0.39 is 18.2 Å². The van der Waals surface area contributed by atoms with E-state index in [1.165, 1.54) is 89.9 Å². The molecular weight excluding hydrogens is 791 g/mol. The number of unbranched alkanes of at least 4 members (excludes halogenated alkanes) is 20. The lowest BCUT2D eigenvalue weighted by Gasteiger charge is -2.24. The maximum absolute atomic E-state index is 13.2. The summed E-state index contributed by atoms with van der Waals surface area (Å²) in [5, 5.41) is 23.8. The van der Waals surface area contributed by atoms with Crippen molar-refractivity contribution in [3.8, 4) is 0 Å². The van der Waals surface area contributed by atoms with Crippen LogP contribution in [0.2, 0.25) is 0 Å². The minimum Gasteiger partial charge on any atom is -0.462 e. The molecule has 0 aromatic carbocycles. The first-order valence-corrected chi connectivity index (χ1v) is 26.5. The van der Waals surface area contributed by atoms with Gasteiger partial charge < -0.3 is 20.3 Å². The average Bonchev–Trinajstić information content (AvgIpc) is 3.29. The first-order chi connectivity index (χ1) is 31.5. The normalized spacial score (nSPS) is 14.0. The molecule has 0 aliphatic heterocycles. The van der Waals surface area contributed by atoms with Crippen molar-refractivity contribution in [2.45, 2.75) is 251 Å². The van der Waals surface area contributed by atoms with E-state index >= 15 is 0 Å². The van der Waals surface area contributed by atoms with Gasteiger partial charge in [-0.15, -0.1) is 0 Å². The Hall–Kier alpha value is -3.22. The molecule has 0 saturated heterocycles. The van der Waals surface area contributed by atoms with Crippen LogP contribution in [0.5, 0.6) is 0 Å². The molecule has 366 valence electrons. The topological polar surface area (TPSA) is 95.9 Å². The number of rotatable bonds is 46. The van der Waals surface area contributed by atoms with Crippen molar-refractivity contribution in [1.29, 1.82) is 0 Å². The Labute approximate surface area is 395 Å². The molecule has 0 heterocycles. The number of aliphatic hydroxyl groups is 2. The van der Waals surface area contributed by atoms with Gasteiger partial charge in [-0.2, -0.15) is 0 Å². The van der Waals surface area contributed by atoms with Crippen molar-refractivity contribution in [2.75, 3.05) is 6.61 Å². The number of nitrogens with one attached hydrogen (secondary N) is 1. The Balaban J connectivity index is 4.61. The van der Waals surface area contributed by atoms with Crippen molar-refractivity contribution in [1.82, 2.24) is 5.32 Å². The van der Waals surface area contributed by atoms with E-state index in [1.54, 1.807) is 0 Å². The summed E-state index contributed by atoms with van der Waals surface area (Å²) >= 11 is 0. The largest absolute Gasteiger partial charge is 0.462 e. The summed E-state index contributed by atoms with van der Waals surface area (Å²) in [5.41, 5.74) is 0. The highest BCUT2D eigenvalue weighted by Gasteiger charge is 2.24. The Kier molecular flexibility index (Phi) is 48.2. The van der Waals surface area contributed by atoms with E-state index in [2.05, 4.69) is 111 Å². The van der Waals surface area contributed by atoms with Crippen molar-refractivity contribution in [3.05, 3.63) is 97.2 Å². The fourth-order valence-corrected chi connectivity index (χ4v) is 7.52. The summed E-state index contributed by atoms with van der Waals surface area (Å²) in [5.74, 6) is -0.585. The highest BCUT2D eigenvalue weighted by atomic mass is 16.5. The summed E-state index contributed by atoms with van der Waals surface area (Å²) in [6.07, 6.45) is 67.7. The molecular formula is C58H99NO5. The number of aliphatic hydroxyl groups excluding tert-OH is 2. The van der Waals surface area contributed by atoms with Crippen LogP contribution in [0.1, 0.15) is 233 Å². The summed E-state index contributed by atoms with van der Waals surface area (Å²) < 4.78 is 5.88. The lowest BCUT2D eigenvalue weighted by molar-refractivity contribution is -0.151. The number of ether oxygens (including phenoxy) is 1. The predicted molar refractivity (Wildman–Crippen MR) is 277 cm³/mol. The maximum Gasteiger partial charge on any atom is 0.306 e. The molecule has 3 atom stereocenters. The van der Waals surface area contributed by atoms with E-state index in [1.807, 2.05) is 12.2 Å². The average molecular weight is 890 g/mol. The second kappa shape index (κ2) is 50.8. The third-order valence-corrected chi connectivity index (χ3v) is 11.5. The van der Waals surface area contributed by atoms with Crippen molar-refractivity contribution >= 4 is 11.9 Å². The number of amides is 1. The molecule has 0 aromatic heterocycles. The van der Waals surface area contributed by atoms with Gasteiger partial charge in [0.1, 0.15) is 6.10 Å². The second-order valence-corrected chi connectivity index (χ2v) is 17.6. The van der Waals surface area contributed by atoms with Crippen LogP contribution in [0, 0.1) is 0 Å². The van der Waals surface area contributed by atoms with Gasteiger partial charge in [0.2, 0.25) is 5.91 Å². The molecule has 0 radical (unpaired) electrons. The summed E-state index contributed by atoms with van der Waals surface area (Å²) in [4.78, 5) is 26.1. The smallest absolute Gasteiger partial charge is 0.306 e. The van der Waals surface area contributed by atoms with Crippen LogP contribution in [0.3, 0.4) is 0 Å². The molecule has 0 rings (SSSR count). The molecule has 0 saturated carbocycles. The Morgan fingerprint density at radius 2 is 0.922 bits per heavy atom. The third-order valence-electron chi connectivity index (χ3n) is 11.5. The number of carbonyl (C=O) groups excluding carboxylic acids is 2. The van der Waals surface area contributed by atoms with Gasteiger partial charge >= 0.3 is 5.97 Å². The standard InChI is InChI=1S/C58H99NO5/c1-4-7-10-13-16-19-22-24-26-28-30-32-35-38-41-44-47-50-56(61)55(53-60)59-57(62)52-54(49-46-43-40-37-34-21-18-15-12-9-6-3)64-58(63)51-48-45-42-39-36-33-31-29-27-25-23-20-17-14-11-8-5-2/h8-9,11-12,15,17-18,20-21,25,27,31,33-34,39,42,54-56,60-61H,4-7,10,13-14,16,19,22-24,26,28-30,32,35-38,40-41,43-53H2,1-3H3,(H,59,62)/b11-8-,12-9+,18-15+,20-17-,27-25-,33-31-,34-21-,42-39-. The van der Waals surface area contributed by atoms with E-state index in [-0.39, 0.29) is 24.9 Å². The summed E-state index contributed by atoms with van der Waals surface area (Å²) in [7, 11) is 0. The maximum atomic E-state index is 13.2. The lowest BCUT2D eigenvalue weighted by atomic mass is 10.0. The molecule has 3 N–H and O–H groups in total. The molecule has 0 aliphatic carbocycles. The molecule has 1 amide bonds. The van der Waals surface area contributed by atoms with Gasteiger partial charge in [0, 0.05) is 6.42 Å². The fraction of sp³-hybridized carbons (Fsp3) is 0.690. The third kappa shape index (κ3) is 45.4. The minimum atomic E-state index is -0.812. The van der Waals surface area contributed by atoms with Gasteiger partial charge in [-0.3, -0.25) is 9.59 Å². The second-order valence-electron chi connectivity index (χ2n) is 17.6. The van der Waals surface area contributed by atoms with Gasteiger partial charge in [-0.25, -0.2) is 0 Å². The highest BCUT2D eigenvalue weighted by molar-refractivity contribution is 5.77. The van der Waals surface area contributed by atoms with Gasteiger partial charge in [0.05, 0.1) is 25.2 Å². The number of allylic oxidation sites excluding steroid dienone is 16. The number of carbonyl (C=O) groups is 2. The van der Waals surface area contributed by atoms with Gasteiger partial charge in [-0.05, 0) is 83.5 Å². The van der Waals surface area contributed by atoms with Crippen LogP contribution in [0.25, 0.3) is 0 Å². The molecule has 6 nitrogen and oxygen atoms in total.